The quantitative estimate of drug-likeness (QED) is 0.762. The number of carboxylic acid groups (broad SMARTS) is 1. The van der Waals surface area contributed by atoms with E-state index in [0.717, 1.165) is 0 Å². The molecule has 0 aliphatic carbocycles. The van der Waals surface area contributed by atoms with Crippen molar-refractivity contribution in [2.75, 3.05) is 11.1 Å². The van der Waals surface area contributed by atoms with Gasteiger partial charge in [-0.2, -0.15) is 0 Å². The van der Waals surface area contributed by atoms with E-state index in [9.17, 15) is 9.59 Å². The van der Waals surface area contributed by atoms with Crippen LogP contribution in [0.2, 0.25) is 0 Å². The van der Waals surface area contributed by atoms with Gasteiger partial charge in [-0.25, -0.2) is 4.79 Å². The third-order valence-corrected chi connectivity index (χ3v) is 2.46. The molecule has 4 N–H and O–H groups in total. The van der Waals surface area contributed by atoms with Crippen LogP contribution in [-0.2, 0) is 11.2 Å². The maximum atomic E-state index is 11.8. The summed E-state index contributed by atoms with van der Waals surface area (Å²) in [4.78, 5) is 30.3. The number of nitrogen functional groups attached to an aromatic ring is 1. The maximum Gasteiger partial charge on any atom is 0.337 e. The van der Waals surface area contributed by atoms with Crippen LogP contribution in [0.4, 0.5) is 11.4 Å². The predicted molar refractivity (Wildman–Crippen MR) is 72.2 cm³/mol. The number of carboxylic acids is 1. The second-order valence-corrected chi connectivity index (χ2v) is 4.08. The Balaban J connectivity index is 2.02. The van der Waals surface area contributed by atoms with Gasteiger partial charge in [-0.3, -0.25) is 14.8 Å². The summed E-state index contributed by atoms with van der Waals surface area (Å²) >= 11 is 0. The lowest BCUT2D eigenvalue weighted by Crippen LogP contribution is -2.15. The summed E-state index contributed by atoms with van der Waals surface area (Å²) in [5, 5.41) is 11.4. The number of nitrogens with one attached hydrogen (secondary N) is 1. The third-order valence-electron chi connectivity index (χ3n) is 2.46. The second-order valence-electron chi connectivity index (χ2n) is 4.08. The van der Waals surface area contributed by atoms with Gasteiger partial charge in [-0.15, -0.1) is 0 Å². The molecule has 0 radical (unpaired) electrons. The van der Waals surface area contributed by atoms with E-state index in [1.165, 1.54) is 24.7 Å². The van der Waals surface area contributed by atoms with Gasteiger partial charge in [0.2, 0.25) is 5.91 Å². The van der Waals surface area contributed by atoms with E-state index in [2.05, 4.69) is 15.3 Å². The van der Waals surface area contributed by atoms with Crippen molar-refractivity contribution in [2.45, 2.75) is 6.42 Å². The molecule has 0 bridgehead atoms. The zero-order valence-corrected chi connectivity index (χ0v) is 10.4. The molecule has 0 spiro atoms. The number of nitrogens with two attached hydrogens (primary N) is 1. The normalized spacial score (nSPS) is 10.0. The number of aromatic nitrogens is 2. The summed E-state index contributed by atoms with van der Waals surface area (Å²) in [6, 6.07) is 4.65. The molecule has 0 aliphatic rings. The maximum absolute atomic E-state index is 11.8. The van der Waals surface area contributed by atoms with E-state index in [1.54, 1.807) is 12.1 Å². The van der Waals surface area contributed by atoms with Crippen molar-refractivity contribution in [3.05, 3.63) is 48.0 Å². The number of hydrogen-bond acceptors (Lipinski definition) is 5. The molecule has 2 rings (SSSR count). The second kappa shape index (κ2) is 5.79. The number of carbonyl (C=O) groups is 2. The number of anilines is 2. The van der Waals surface area contributed by atoms with Crippen molar-refractivity contribution in [2.24, 2.45) is 0 Å². The van der Waals surface area contributed by atoms with Gasteiger partial charge in [0.1, 0.15) is 0 Å². The molecule has 0 saturated heterocycles. The topological polar surface area (TPSA) is 118 Å². The van der Waals surface area contributed by atoms with Crippen LogP contribution in [0, 0.1) is 0 Å². The van der Waals surface area contributed by atoms with E-state index < -0.39 is 5.97 Å². The molecule has 2 heterocycles. The van der Waals surface area contributed by atoms with Gasteiger partial charge in [0.15, 0.2) is 0 Å². The molecule has 1 amide bonds. The van der Waals surface area contributed by atoms with Crippen LogP contribution in [0.1, 0.15) is 16.1 Å². The Hall–Kier alpha value is -2.96. The summed E-state index contributed by atoms with van der Waals surface area (Å²) < 4.78 is 0. The number of carbonyl (C=O) groups excluding carboxylic acids is 1. The Morgan fingerprint density at radius 1 is 1.25 bits per heavy atom. The van der Waals surface area contributed by atoms with Crippen LogP contribution < -0.4 is 11.1 Å². The zero-order chi connectivity index (χ0) is 14.5. The molecule has 0 aromatic carbocycles. The first-order valence-corrected chi connectivity index (χ1v) is 5.73. The molecule has 0 aliphatic heterocycles. The minimum absolute atomic E-state index is 0.00779. The molecule has 7 heteroatoms. The summed E-state index contributed by atoms with van der Waals surface area (Å²) in [7, 11) is 0. The van der Waals surface area contributed by atoms with E-state index in [0.29, 0.717) is 17.1 Å². The molecule has 2 aromatic heterocycles. The molecule has 20 heavy (non-hydrogen) atoms. The molecule has 7 nitrogen and oxygen atoms in total. The number of aromatic carboxylic acids is 1. The van der Waals surface area contributed by atoms with Gasteiger partial charge >= 0.3 is 5.97 Å². The Kier molecular flexibility index (Phi) is 3.90. The summed E-state index contributed by atoms with van der Waals surface area (Å²) in [6.07, 6.45) is 4.12. The first-order chi connectivity index (χ1) is 9.54. The first kappa shape index (κ1) is 13.5. The minimum atomic E-state index is -1.10. The minimum Gasteiger partial charge on any atom is -0.478 e. The SMILES string of the molecule is Nc1ccc(CC(=O)Nc2cncc(C(=O)O)c2)nc1. The number of pyridine rings is 2. The number of nitrogens with zero attached hydrogens (tertiary/aromatic N) is 2. The summed E-state index contributed by atoms with van der Waals surface area (Å²) in [6.45, 7) is 0. The van der Waals surface area contributed by atoms with Gasteiger partial charge in [-0.05, 0) is 18.2 Å². The van der Waals surface area contributed by atoms with E-state index in [4.69, 9.17) is 10.8 Å². The smallest absolute Gasteiger partial charge is 0.337 e. The average Bonchev–Trinajstić information content (AvgIpc) is 2.41. The van der Waals surface area contributed by atoms with Crippen molar-refractivity contribution in [3.8, 4) is 0 Å². The lowest BCUT2D eigenvalue weighted by Gasteiger charge is -2.05. The highest BCUT2D eigenvalue weighted by Crippen LogP contribution is 2.09. The van der Waals surface area contributed by atoms with Gasteiger partial charge in [-0.1, -0.05) is 0 Å². The highest BCUT2D eigenvalue weighted by Gasteiger charge is 2.08. The van der Waals surface area contributed by atoms with Crippen molar-refractivity contribution in [3.63, 3.8) is 0 Å². The molecular formula is C13H12N4O3. The van der Waals surface area contributed by atoms with Crippen LogP contribution in [0.3, 0.4) is 0 Å². The highest BCUT2D eigenvalue weighted by atomic mass is 16.4. The predicted octanol–water partition coefficient (Wildman–Crippen LogP) is 0.938. The first-order valence-electron chi connectivity index (χ1n) is 5.73. The fraction of sp³-hybridized carbons (Fsp3) is 0.0769. The van der Waals surface area contributed by atoms with Gasteiger partial charge in [0, 0.05) is 11.9 Å². The summed E-state index contributed by atoms with van der Waals surface area (Å²) in [5.41, 5.74) is 6.92. The zero-order valence-electron chi connectivity index (χ0n) is 10.4. The molecule has 0 atom stereocenters. The van der Waals surface area contributed by atoms with Gasteiger partial charge in [0.25, 0.3) is 0 Å². The average molecular weight is 272 g/mol. The largest absolute Gasteiger partial charge is 0.478 e. The molecule has 0 fully saturated rings. The van der Waals surface area contributed by atoms with Crippen molar-refractivity contribution in [1.82, 2.24) is 9.97 Å². The van der Waals surface area contributed by atoms with Crippen LogP contribution in [0.5, 0.6) is 0 Å². The molecule has 0 unspecified atom stereocenters. The van der Waals surface area contributed by atoms with E-state index in [1.807, 2.05) is 0 Å². The lowest BCUT2D eigenvalue weighted by atomic mass is 10.2. The molecular weight excluding hydrogens is 260 g/mol. The van der Waals surface area contributed by atoms with Crippen LogP contribution in [0.25, 0.3) is 0 Å². The van der Waals surface area contributed by atoms with Gasteiger partial charge in [0.05, 0.1) is 35.8 Å². The van der Waals surface area contributed by atoms with E-state index in [-0.39, 0.29) is 17.9 Å². The Morgan fingerprint density at radius 3 is 2.70 bits per heavy atom. The summed E-state index contributed by atoms with van der Waals surface area (Å²) in [5.74, 6) is -1.42. The Labute approximate surface area is 114 Å². The standard InChI is InChI=1S/C13H12N4O3/c14-9-1-2-10(16-6-9)4-12(18)17-11-3-8(13(19)20)5-15-7-11/h1-3,5-7H,4,14H2,(H,17,18)(H,19,20). The third kappa shape index (κ3) is 3.52. The Morgan fingerprint density at radius 2 is 2.05 bits per heavy atom. The number of amides is 1. The van der Waals surface area contributed by atoms with Crippen LogP contribution >= 0.6 is 0 Å². The number of hydrogen-bond donors (Lipinski definition) is 3. The van der Waals surface area contributed by atoms with Crippen molar-refractivity contribution in [1.29, 1.82) is 0 Å². The van der Waals surface area contributed by atoms with Gasteiger partial charge < -0.3 is 16.2 Å². The number of rotatable bonds is 4. The monoisotopic (exact) mass is 272 g/mol. The van der Waals surface area contributed by atoms with Crippen molar-refractivity contribution < 1.29 is 14.7 Å². The highest BCUT2D eigenvalue weighted by molar-refractivity contribution is 5.94. The van der Waals surface area contributed by atoms with E-state index >= 15 is 0 Å². The van der Waals surface area contributed by atoms with Crippen LogP contribution in [0.15, 0.2) is 36.8 Å². The van der Waals surface area contributed by atoms with Crippen molar-refractivity contribution >= 4 is 23.3 Å². The van der Waals surface area contributed by atoms with Crippen LogP contribution in [-0.4, -0.2) is 27.0 Å². The molecule has 0 saturated carbocycles. The molecule has 2 aromatic rings. The fourth-order valence-corrected chi connectivity index (χ4v) is 1.54. The Bertz CT molecular complexity index is 640. The molecule has 102 valence electrons. The lowest BCUT2D eigenvalue weighted by molar-refractivity contribution is -0.115. The fourth-order valence-electron chi connectivity index (χ4n) is 1.54.